The van der Waals surface area contributed by atoms with Gasteiger partial charge in [0.25, 0.3) is 0 Å². The largest absolute Gasteiger partial charge is 0.496 e. The van der Waals surface area contributed by atoms with Crippen LogP contribution < -0.4 is 4.74 Å². The fourth-order valence-corrected chi connectivity index (χ4v) is 3.56. The van der Waals surface area contributed by atoms with Crippen LogP contribution in [0.25, 0.3) is 0 Å². The van der Waals surface area contributed by atoms with Crippen molar-refractivity contribution in [3.63, 3.8) is 0 Å². The summed E-state index contributed by atoms with van der Waals surface area (Å²) in [6, 6.07) is 13.6. The molecule has 0 aliphatic carbocycles. The van der Waals surface area contributed by atoms with Gasteiger partial charge in [-0.1, -0.05) is 24.3 Å². The van der Waals surface area contributed by atoms with Crippen molar-refractivity contribution in [3.05, 3.63) is 59.9 Å². The quantitative estimate of drug-likeness (QED) is 0.871. The molecule has 2 heterocycles. The molecule has 1 saturated heterocycles. The Kier molecular flexibility index (Phi) is 4.10. The number of amides is 1. The third-order valence-corrected chi connectivity index (χ3v) is 4.67. The van der Waals surface area contributed by atoms with Gasteiger partial charge < -0.3 is 9.64 Å². The lowest BCUT2D eigenvalue weighted by Crippen LogP contribution is -2.28. The molecule has 1 aliphatic heterocycles. The minimum atomic E-state index is -0.0244. The zero-order chi connectivity index (χ0) is 14.7. The van der Waals surface area contributed by atoms with Crippen molar-refractivity contribution in [2.75, 3.05) is 12.9 Å². The smallest absolute Gasteiger partial charge is 0.234 e. The first-order valence-electron chi connectivity index (χ1n) is 6.73. The zero-order valence-corrected chi connectivity index (χ0v) is 12.5. The number of thioether (sulfide) groups is 1. The van der Waals surface area contributed by atoms with Crippen molar-refractivity contribution < 1.29 is 9.53 Å². The Hall–Kier alpha value is -2.01. The Morgan fingerprint density at radius 2 is 2.10 bits per heavy atom. The molecule has 108 valence electrons. The molecule has 5 heteroatoms. The molecule has 1 amide bonds. The molecule has 1 aromatic heterocycles. The van der Waals surface area contributed by atoms with Gasteiger partial charge in [-0.25, -0.2) is 0 Å². The van der Waals surface area contributed by atoms with Crippen molar-refractivity contribution in [2.45, 2.75) is 11.9 Å². The number of pyridine rings is 1. The van der Waals surface area contributed by atoms with Crippen LogP contribution in [0.15, 0.2) is 48.7 Å². The second-order valence-electron chi connectivity index (χ2n) is 4.75. The lowest BCUT2D eigenvalue weighted by Gasteiger charge is -2.24. The van der Waals surface area contributed by atoms with Gasteiger partial charge in [-0.2, -0.15) is 0 Å². The van der Waals surface area contributed by atoms with Crippen LogP contribution in [0.3, 0.4) is 0 Å². The van der Waals surface area contributed by atoms with E-state index in [0.717, 1.165) is 17.0 Å². The van der Waals surface area contributed by atoms with E-state index in [1.165, 1.54) is 0 Å². The summed E-state index contributed by atoms with van der Waals surface area (Å²) in [4.78, 5) is 18.4. The summed E-state index contributed by atoms with van der Waals surface area (Å²) in [6.07, 6.45) is 1.76. The highest BCUT2D eigenvalue weighted by atomic mass is 32.2. The monoisotopic (exact) mass is 300 g/mol. The normalized spacial score (nSPS) is 18.0. The molecule has 3 rings (SSSR count). The Balaban J connectivity index is 1.87. The fraction of sp³-hybridized carbons (Fsp3) is 0.250. The van der Waals surface area contributed by atoms with Crippen molar-refractivity contribution in [2.24, 2.45) is 0 Å². The summed E-state index contributed by atoms with van der Waals surface area (Å²) in [5, 5.41) is -0.0244. The van der Waals surface area contributed by atoms with Crippen LogP contribution in [0, 0.1) is 0 Å². The van der Waals surface area contributed by atoms with E-state index in [9.17, 15) is 4.79 Å². The number of nitrogens with zero attached hydrogens (tertiary/aromatic N) is 2. The molecule has 0 saturated carbocycles. The average molecular weight is 300 g/mol. The van der Waals surface area contributed by atoms with Gasteiger partial charge >= 0.3 is 0 Å². The first-order chi connectivity index (χ1) is 10.3. The number of benzene rings is 1. The highest BCUT2D eigenvalue weighted by molar-refractivity contribution is 8.00. The van der Waals surface area contributed by atoms with Crippen molar-refractivity contribution >= 4 is 17.7 Å². The third kappa shape index (κ3) is 2.88. The minimum absolute atomic E-state index is 0.0244. The number of ether oxygens (including phenoxy) is 1. The Bertz CT molecular complexity index is 633. The first kappa shape index (κ1) is 13.9. The molecule has 0 radical (unpaired) electrons. The van der Waals surface area contributed by atoms with Gasteiger partial charge in [-0.3, -0.25) is 9.78 Å². The molecule has 1 fully saturated rings. The molecular weight excluding hydrogens is 284 g/mol. The van der Waals surface area contributed by atoms with Gasteiger partial charge in [0.1, 0.15) is 11.1 Å². The van der Waals surface area contributed by atoms with Crippen LogP contribution in [0.2, 0.25) is 0 Å². The molecule has 1 aliphatic rings. The van der Waals surface area contributed by atoms with Crippen LogP contribution in [0.1, 0.15) is 16.6 Å². The molecule has 2 aromatic rings. The van der Waals surface area contributed by atoms with Gasteiger partial charge in [0.05, 0.1) is 25.1 Å². The maximum absolute atomic E-state index is 12.2. The lowest BCUT2D eigenvalue weighted by atomic mass is 10.2. The second kappa shape index (κ2) is 6.18. The number of rotatable bonds is 4. The van der Waals surface area contributed by atoms with Crippen LogP contribution in [0.4, 0.5) is 0 Å². The first-order valence-corrected chi connectivity index (χ1v) is 7.78. The highest BCUT2D eigenvalue weighted by Crippen LogP contribution is 2.39. The van der Waals surface area contributed by atoms with Crippen molar-refractivity contribution in [1.82, 2.24) is 9.88 Å². The zero-order valence-electron chi connectivity index (χ0n) is 11.7. The van der Waals surface area contributed by atoms with E-state index in [0.29, 0.717) is 12.3 Å². The number of carbonyl (C=O) groups excluding carboxylic acids is 1. The van der Waals surface area contributed by atoms with Crippen molar-refractivity contribution in [1.29, 1.82) is 0 Å². The van der Waals surface area contributed by atoms with E-state index in [1.54, 1.807) is 25.1 Å². The van der Waals surface area contributed by atoms with E-state index in [2.05, 4.69) is 4.98 Å². The number of methoxy groups -OCH3 is 1. The molecule has 4 nitrogen and oxygen atoms in total. The number of carbonyl (C=O) groups is 1. The van der Waals surface area contributed by atoms with Gasteiger partial charge in [-0.15, -0.1) is 11.8 Å². The standard InChI is InChI=1S/C16H16N2O2S/c1-20-14-8-3-2-6-12(14)10-18-15(19)11-21-16(18)13-7-4-5-9-17-13/h2-9,16H,10-11H2,1H3. The van der Waals surface area contributed by atoms with E-state index in [1.807, 2.05) is 47.4 Å². The summed E-state index contributed by atoms with van der Waals surface area (Å²) < 4.78 is 5.37. The lowest BCUT2D eigenvalue weighted by molar-refractivity contribution is -0.128. The van der Waals surface area contributed by atoms with Crippen LogP contribution in [-0.2, 0) is 11.3 Å². The maximum atomic E-state index is 12.2. The maximum Gasteiger partial charge on any atom is 0.234 e. The molecule has 0 bridgehead atoms. The molecule has 1 unspecified atom stereocenters. The minimum Gasteiger partial charge on any atom is -0.496 e. The highest BCUT2D eigenvalue weighted by Gasteiger charge is 2.33. The second-order valence-corrected chi connectivity index (χ2v) is 5.82. The van der Waals surface area contributed by atoms with Crippen LogP contribution in [0.5, 0.6) is 5.75 Å². The number of para-hydroxylation sites is 1. The summed E-state index contributed by atoms with van der Waals surface area (Å²) in [7, 11) is 1.65. The summed E-state index contributed by atoms with van der Waals surface area (Å²) in [6.45, 7) is 0.539. The number of aromatic nitrogens is 1. The van der Waals surface area contributed by atoms with E-state index >= 15 is 0 Å². The topological polar surface area (TPSA) is 42.4 Å². The summed E-state index contributed by atoms with van der Waals surface area (Å²) in [5.41, 5.74) is 1.93. The molecule has 1 atom stereocenters. The predicted molar refractivity (Wildman–Crippen MR) is 83.0 cm³/mol. The fourth-order valence-electron chi connectivity index (χ4n) is 2.41. The summed E-state index contributed by atoms with van der Waals surface area (Å²) >= 11 is 1.62. The summed E-state index contributed by atoms with van der Waals surface area (Å²) in [5.74, 6) is 1.44. The van der Waals surface area contributed by atoms with Crippen molar-refractivity contribution in [3.8, 4) is 5.75 Å². The Morgan fingerprint density at radius 1 is 1.29 bits per heavy atom. The average Bonchev–Trinajstić information content (AvgIpc) is 2.90. The molecule has 21 heavy (non-hydrogen) atoms. The van der Waals surface area contributed by atoms with Gasteiger partial charge in [-0.05, 0) is 18.2 Å². The molecule has 1 aromatic carbocycles. The molecule has 0 spiro atoms. The van der Waals surface area contributed by atoms with E-state index < -0.39 is 0 Å². The van der Waals surface area contributed by atoms with Gasteiger partial charge in [0.2, 0.25) is 5.91 Å². The van der Waals surface area contributed by atoms with E-state index in [-0.39, 0.29) is 11.3 Å². The van der Waals surface area contributed by atoms with Crippen LogP contribution >= 0.6 is 11.8 Å². The van der Waals surface area contributed by atoms with Crippen LogP contribution in [-0.4, -0.2) is 28.7 Å². The number of hydrogen-bond acceptors (Lipinski definition) is 4. The third-order valence-electron chi connectivity index (χ3n) is 3.44. The van der Waals surface area contributed by atoms with Gasteiger partial charge in [0.15, 0.2) is 0 Å². The molecule has 0 N–H and O–H groups in total. The predicted octanol–water partition coefficient (Wildman–Crippen LogP) is 2.86. The number of hydrogen-bond donors (Lipinski definition) is 0. The Labute approximate surface area is 128 Å². The molecular formula is C16H16N2O2S. The SMILES string of the molecule is COc1ccccc1CN1C(=O)CSC1c1ccccn1. The van der Waals surface area contributed by atoms with Gasteiger partial charge in [0, 0.05) is 11.8 Å². The Morgan fingerprint density at radius 3 is 2.86 bits per heavy atom. The van der Waals surface area contributed by atoms with E-state index in [4.69, 9.17) is 4.74 Å².